The van der Waals surface area contributed by atoms with E-state index in [1.54, 1.807) is 0 Å². The van der Waals surface area contributed by atoms with Crippen LogP contribution in [0, 0.1) is 5.92 Å². The van der Waals surface area contributed by atoms with E-state index in [4.69, 9.17) is 13.3 Å². The summed E-state index contributed by atoms with van der Waals surface area (Å²) in [6, 6.07) is 0.745. The molecule has 0 fully saturated rings. The zero-order valence-electron chi connectivity index (χ0n) is 15.8. The van der Waals surface area contributed by atoms with E-state index in [0.717, 1.165) is 38.1 Å². The molecule has 138 valence electrons. The fraction of sp³-hybridized carbons (Fsp3) is 0.941. The number of unbranched alkanes of at least 4 members (excludes halogenated alkanes) is 1. The normalized spacial score (nSPS) is 13.1. The quantitative estimate of drug-likeness (QED) is 0.362. The third-order valence-corrected chi connectivity index (χ3v) is 6.97. The fourth-order valence-corrected chi connectivity index (χ4v) is 5.25. The Bertz CT molecular complexity index is 285. The molecule has 0 saturated heterocycles. The second kappa shape index (κ2) is 14.0. The first-order chi connectivity index (χ1) is 11.1. The minimum atomic E-state index is -2.58. The van der Waals surface area contributed by atoms with E-state index in [-0.39, 0.29) is 11.8 Å². The van der Waals surface area contributed by atoms with Crippen LogP contribution in [0.5, 0.6) is 0 Å². The summed E-state index contributed by atoms with van der Waals surface area (Å²) in [6.45, 7) is 12.5. The average molecular weight is 348 g/mol. The van der Waals surface area contributed by atoms with Crippen molar-refractivity contribution in [2.24, 2.45) is 5.92 Å². The van der Waals surface area contributed by atoms with E-state index in [0.29, 0.717) is 26.4 Å². The molecule has 0 aromatic rings. The summed E-state index contributed by atoms with van der Waals surface area (Å²) in [5, 5.41) is 3.06. The van der Waals surface area contributed by atoms with Crippen molar-refractivity contribution in [1.82, 2.24) is 5.32 Å². The molecule has 0 aromatic heterocycles. The summed E-state index contributed by atoms with van der Waals surface area (Å²) < 4.78 is 17.5. The van der Waals surface area contributed by atoms with Gasteiger partial charge in [-0.15, -0.1) is 0 Å². The van der Waals surface area contributed by atoms with Gasteiger partial charge in [0.2, 0.25) is 5.91 Å². The van der Waals surface area contributed by atoms with Crippen molar-refractivity contribution in [1.29, 1.82) is 0 Å². The van der Waals surface area contributed by atoms with Gasteiger partial charge in [-0.3, -0.25) is 4.79 Å². The van der Waals surface area contributed by atoms with Gasteiger partial charge in [0.25, 0.3) is 0 Å². The predicted molar refractivity (Wildman–Crippen MR) is 96.4 cm³/mol. The van der Waals surface area contributed by atoms with E-state index in [1.165, 1.54) is 0 Å². The van der Waals surface area contributed by atoms with Crippen molar-refractivity contribution >= 4 is 14.7 Å². The molecule has 0 aliphatic heterocycles. The van der Waals surface area contributed by atoms with Gasteiger partial charge in [-0.2, -0.15) is 0 Å². The molecule has 0 aliphatic carbocycles. The van der Waals surface area contributed by atoms with Crippen LogP contribution < -0.4 is 5.32 Å². The molecular weight excluding hydrogens is 310 g/mol. The molecule has 1 atom stereocenters. The van der Waals surface area contributed by atoms with Gasteiger partial charge in [-0.05, 0) is 40.0 Å². The van der Waals surface area contributed by atoms with Crippen molar-refractivity contribution in [2.75, 3.05) is 26.4 Å². The lowest BCUT2D eigenvalue weighted by molar-refractivity contribution is -0.125. The molecule has 1 N–H and O–H groups in total. The number of carbonyl (C=O) groups excluding carboxylic acids is 1. The smallest absolute Gasteiger partial charge is 0.374 e. The zero-order chi connectivity index (χ0) is 17.6. The average Bonchev–Trinajstić information content (AvgIpc) is 2.53. The van der Waals surface area contributed by atoms with Crippen molar-refractivity contribution in [3.63, 3.8) is 0 Å². The first-order valence-electron chi connectivity index (χ1n) is 9.28. The zero-order valence-corrected chi connectivity index (χ0v) is 16.8. The molecule has 0 aliphatic rings. The topological polar surface area (TPSA) is 56.8 Å². The maximum Gasteiger partial charge on any atom is 0.500 e. The lowest BCUT2D eigenvalue weighted by Crippen LogP contribution is -2.46. The Morgan fingerprint density at radius 1 is 0.957 bits per heavy atom. The van der Waals surface area contributed by atoms with E-state index < -0.39 is 8.80 Å². The fourth-order valence-electron chi connectivity index (χ4n) is 2.63. The molecular formula is C17H37NO4Si. The summed E-state index contributed by atoms with van der Waals surface area (Å²) in [4.78, 5) is 12.2. The highest BCUT2D eigenvalue weighted by Crippen LogP contribution is 2.18. The summed E-state index contributed by atoms with van der Waals surface area (Å²) in [7, 11) is -2.58. The van der Waals surface area contributed by atoms with Gasteiger partial charge in [-0.25, -0.2) is 0 Å². The van der Waals surface area contributed by atoms with E-state index in [9.17, 15) is 4.79 Å². The third-order valence-electron chi connectivity index (χ3n) is 3.82. The minimum absolute atomic E-state index is 0.141. The molecule has 1 amide bonds. The molecule has 5 nitrogen and oxygen atoms in total. The molecule has 23 heavy (non-hydrogen) atoms. The number of hydrogen-bond donors (Lipinski definition) is 1. The summed E-state index contributed by atoms with van der Waals surface area (Å²) in [5.74, 6) is 0.320. The van der Waals surface area contributed by atoms with Crippen LogP contribution in [0.1, 0.15) is 66.7 Å². The summed E-state index contributed by atoms with van der Waals surface area (Å²) in [6.07, 6.45) is 4.95. The Kier molecular flexibility index (Phi) is 13.7. The van der Waals surface area contributed by atoms with E-state index in [1.807, 2.05) is 20.8 Å². The highest BCUT2D eigenvalue weighted by molar-refractivity contribution is 6.60. The van der Waals surface area contributed by atoms with Crippen LogP contribution in [0.15, 0.2) is 0 Å². The molecule has 0 spiro atoms. The van der Waals surface area contributed by atoms with Gasteiger partial charge in [0.15, 0.2) is 0 Å². The Balaban J connectivity index is 4.28. The van der Waals surface area contributed by atoms with Crippen molar-refractivity contribution < 1.29 is 18.1 Å². The number of nitrogens with one attached hydrogen (secondary N) is 1. The van der Waals surface area contributed by atoms with Crippen molar-refractivity contribution in [3.05, 3.63) is 0 Å². The maximum atomic E-state index is 12.2. The summed E-state index contributed by atoms with van der Waals surface area (Å²) in [5.41, 5.74) is 0. The highest BCUT2D eigenvalue weighted by atomic mass is 28.4. The lowest BCUT2D eigenvalue weighted by atomic mass is 9.98. The second-order valence-electron chi connectivity index (χ2n) is 5.62. The van der Waals surface area contributed by atoms with Crippen LogP contribution in [-0.4, -0.2) is 41.1 Å². The predicted octanol–water partition coefficient (Wildman–Crippen LogP) is 3.76. The highest BCUT2D eigenvalue weighted by Gasteiger charge is 2.39. The van der Waals surface area contributed by atoms with Crippen LogP contribution in [0.3, 0.4) is 0 Å². The van der Waals surface area contributed by atoms with Crippen LogP contribution >= 0.6 is 0 Å². The SMILES string of the molecule is CCCCC(CC)C(=O)NCCC[Si](OCC)(OCC)OCC. The molecule has 0 radical (unpaired) electrons. The molecule has 0 saturated carbocycles. The number of amides is 1. The molecule has 0 heterocycles. The van der Waals surface area contributed by atoms with E-state index >= 15 is 0 Å². The molecule has 1 unspecified atom stereocenters. The Labute approximate surface area is 143 Å². The molecule has 0 aromatic carbocycles. The van der Waals surface area contributed by atoms with Gasteiger partial charge >= 0.3 is 8.80 Å². The first-order valence-corrected chi connectivity index (χ1v) is 11.2. The number of hydrogen-bond acceptors (Lipinski definition) is 4. The molecule has 6 heteroatoms. The van der Waals surface area contributed by atoms with Gasteiger partial charge < -0.3 is 18.6 Å². The van der Waals surface area contributed by atoms with Gasteiger partial charge in [0.05, 0.1) is 0 Å². The standard InChI is InChI=1S/C17H37NO4Si/c1-6-11-13-16(7-2)17(19)18-14-12-15-23(20-8-3,21-9-4)22-10-5/h16H,6-15H2,1-5H3,(H,18,19). The van der Waals surface area contributed by atoms with Gasteiger partial charge in [0.1, 0.15) is 0 Å². The van der Waals surface area contributed by atoms with Crippen LogP contribution in [-0.2, 0) is 18.1 Å². The van der Waals surface area contributed by atoms with E-state index in [2.05, 4.69) is 19.2 Å². The Hall–Kier alpha value is -0.433. The number of rotatable bonds is 15. The maximum absolute atomic E-state index is 12.2. The van der Waals surface area contributed by atoms with Crippen molar-refractivity contribution in [2.45, 2.75) is 72.8 Å². The molecule has 0 bridgehead atoms. The van der Waals surface area contributed by atoms with Crippen LogP contribution in [0.4, 0.5) is 0 Å². The Morgan fingerprint density at radius 3 is 1.96 bits per heavy atom. The van der Waals surface area contributed by atoms with Crippen LogP contribution in [0.2, 0.25) is 6.04 Å². The van der Waals surface area contributed by atoms with Crippen LogP contribution in [0.25, 0.3) is 0 Å². The second-order valence-corrected chi connectivity index (χ2v) is 8.36. The largest absolute Gasteiger partial charge is 0.500 e. The van der Waals surface area contributed by atoms with Gasteiger partial charge in [0, 0.05) is 38.3 Å². The third kappa shape index (κ3) is 9.45. The lowest BCUT2D eigenvalue weighted by Gasteiger charge is -2.28. The monoisotopic (exact) mass is 347 g/mol. The Morgan fingerprint density at radius 2 is 1.52 bits per heavy atom. The number of carbonyl (C=O) groups is 1. The van der Waals surface area contributed by atoms with Crippen molar-refractivity contribution in [3.8, 4) is 0 Å². The summed E-state index contributed by atoms with van der Waals surface area (Å²) >= 11 is 0. The first kappa shape index (κ1) is 22.6. The minimum Gasteiger partial charge on any atom is -0.374 e. The van der Waals surface area contributed by atoms with Gasteiger partial charge in [-0.1, -0.05) is 26.7 Å². The molecule has 0 rings (SSSR count).